The molecule has 2 aliphatic rings. The Labute approximate surface area is 201 Å². The topological polar surface area (TPSA) is 134 Å². The van der Waals surface area contributed by atoms with E-state index in [9.17, 15) is 50.5 Å². The van der Waals surface area contributed by atoms with Crippen LogP contribution in [0, 0.1) is 11.7 Å². The Kier molecular flexibility index (Phi) is 6.18. The third kappa shape index (κ3) is 3.89. The quantitative estimate of drug-likeness (QED) is 0.331. The van der Waals surface area contributed by atoms with Gasteiger partial charge in [-0.05, 0) is 12.8 Å². The molecule has 3 unspecified atom stereocenters. The van der Waals surface area contributed by atoms with Gasteiger partial charge in [0.1, 0.15) is 23.5 Å². The molecule has 206 valence electrons. The standard InChI is InChI=1S/C20H20F8N4O5/c1-37-14-12-9(16(34)30-17(35)32(12)6-2-3-6)11(29)10(22)13(14)31-4-7(8(21)5-31)15(33)18(36,19(23,24)25)20(26,27)28/h6-8,15,33,36H,2-5,29H2,1H3,(H,30,34,35). The molecule has 2 fully saturated rings. The fourth-order valence-electron chi connectivity index (χ4n) is 4.70. The molecular weight excluding hydrogens is 528 g/mol. The zero-order chi connectivity index (χ0) is 27.8. The van der Waals surface area contributed by atoms with E-state index in [1.54, 1.807) is 0 Å². The van der Waals surface area contributed by atoms with Gasteiger partial charge in [-0.1, -0.05) is 0 Å². The SMILES string of the molecule is COc1c(N2CC(F)C(C(O)C(O)(C(F)(F)F)C(F)(F)F)C2)c(F)c(N)c2c(=O)[nH]c(=O)n(C3CC3)c12. The van der Waals surface area contributed by atoms with Crippen LogP contribution in [0.1, 0.15) is 18.9 Å². The number of alkyl halides is 7. The van der Waals surface area contributed by atoms with Gasteiger partial charge in [0.05, 0.1) is 18.2 Å². The summed E-state index contributed by atoms with van der Waals surface area (Å²) >= 11 is 0. The van der Waals surface area contributed by atoms with Crippen molar-refractivity contribution in [3.05, 3.63) is 26.7 Å². The average Bonchev–Trinajstić information content (AvgIpc) is 3.53. The van der Waals surface area contributed by atoms with Gasteiger partial charge in [-0.25, -0.2) is 13.6 Å². The number of halogens is 8. The Bertz CT molecular complexity index is 1340. The lowest BCUT2D eigenvalue weighted by molar-refractivity contribution is -0.396. The Balaban J connectivity index is 1.88. The van der Waals surface area contributed by atoms with Crippen LogP contribution in [0.25, 0.3) is 10.9 Å². The van der Waals surface area contributed by atoms with E-state index < -0.39 is 94.9 Å². The largest absolute Gasteiger partial charge is 0.492 e. The van der Waals surface area contributed by atoms with E-state index >= 15 is 4.39 Å². The van der Waals surface area contributed by atoms with Gasteiger partial charge in [0.25, 0.3) is 11.2 Å². The van der Waals surface area contributed by atoms with Crippen molar-refractivity contribution in [3.8, 4) is 5.75 Å². The van der Waals surface area contributed by atoms with Crippen LogP contribution in [0.15, 0.2) is 9.59 Å². The van der Waals surface area contributed by atoms with Crippen molar-refractivity contribution in [1.29, 1.82) is 0 Å². The summed E-state index contributed by atoms with van der Waals surface area (Å²) in [6, 6.07) is -0.450. The van der Waals surface area contributed by atoms with E-state index in [1.165, 1.54) is 0 Å². The number of nitrogens with two attached hydrogens (primary N) is 1. The highest BCUT2D eigenvalue weighted by Crippen LogP contribution is 2.50. The molecule has 0 amide bonds. The second-order valence-corrected chi connectivity index (χ2v) is 8.99. The number of nitrogens with zero attached hydrogens (tertiary/aromatic N) is 2. The van der Waals surface area contributed by atoms with E-state index in [4.69, 9.17) is 10.5 Å². The minimum absolute atomic E-state index is 0.297. The third-order valence-electron chi connectivity index (χ3n) is 6.71. The number of methoxy groups -OCH3 is 1. The first-order valence-corrected chi connectivity index (χ1v) is 10.7. The summed E-state index contributed by atoms with van der Waals surface area (Å²) in [5.74, 6) is -4.46. The lowest BCUT2D eigenvalue weighted by atomic mass is 9.84. The van der Waals surface area contributed by atoms with Crippen molar-refractivity contribution >= 4 is 22.3 Å². The maximum atomic E-state index is 15.4. The van der Waals surface area contributed by atoms with Gasteiger partial charge >= 0.3 is 18.0 Å². The summed E-state index contributed by atoms with van der Waals surface area (Å²) in [7, 11) is 0.984. The number of aromatic amines is 1. The molecule has 2 aromatic rings. The van der Waals surface area contributed by atoms with E-state index in [1.807, 2.05) is 4.98 Å². The molecule has 3 atom stereocenters. The molecular formula is C20H20F8N4O5. The molecule has 1 saturated heterocycles. The van der Waals surface area contributed by atoms with Crippen LogP contribution in [-0.2, 0) is 0 Å². The fraction of sp³-hybridized carbons (Fsp3) is 0.600. The van der Waals surface area contributed by atoms with E-state index in [2.05, 4.69) is 0 Å². The molecule has 17 heteroatoms. The highest BCUT2D eigenvalue weighted by atomic mass is 19.4. The predicted octanol–water partition coefficient (Wildman–Crippen LogP) is 1.75. The number of aromatic nitrogens is 2. The van der Waals surface area contributed by atoms with E-state index in [0.29, 0.717) is 17.7 Å². The minimum Gasteiger partial charge on any atom is -0.492 e. The van der Waals surface area contributed by atoms with Crippen molar-refractivity contribution in [2.75, 3.05) is 30.8 Å². The number of nitrogen functional groups attached to an aromatic ring is 1. The monoisotopic (exact) mass is 548 g/mol. The van der Waals surface area contributed by atoms with Crippen molar-refractivity contribution in [2.24, 2.45) is 5.92 Å². The molecule has 0 radical (unpaired) electrons. The summed E-state index contributed by atoms with van der Waals surface area (Å²) in [4.78, 5) is 27.6. The number of aliphatic hydroxyl groups excluding tert-OH is 1. The second kappa shape index (κ2) is 8.47. The van der Waals surface area contributed by atoms with Gasteiger partial charge in [-0.2, -0.15) is 26.3 Å². The van der Waals surface area contributed by atoms with Crippen LogP contribution in [0.2, 0.25) is 0 Å². The first-order valence-electron chi connectivity index (χ1n) is 10.7. The molecule has 1 aliphatic carbocycles. The molecule has 1 aliphatic heterocycles. The highest BCUT2D eigenvalue weighted by Gasteiger charge is 2.75. The van der Waals surface area contributed by atoms with Gasteiger partial charge < -0.3 is 25.6 Å². The summed E-state index contributed by atoms with van der Waals surface area (Å²) in [6.07, 6.45) is -18.3. The highest BCUT2D eigenvalue weighted by molar-refractivity contribution is 5.99. The molecule has 5 N–H and O–H groups in total. The molecule has 9 nitrogen and oxygen atoms in total. The summed E-state index contributed by atoms with van der Waals surface area (Å²) in [5, 5.41) is 19.0. The molecule has 4 rings (SSSR count). The number of nitrogens with one attached hydrogen (secondary N) is 1. The van der Waals surface area contributed by atoms with E-state index in [-0.39, 0.29) is 5.52 Å². The number of aliphatic hydroxyl groups is 2. The Morgan fingerprint density at radius 3 is 2.16 bits per heavy atom. The zero-order valence-corrected chi connectivity index (χ0v) is 18.8. The number of anilines is 2. The molecule has 37 heavy (non-hydrogen) atoms. The van der Waals surface area contributed by atoms with Crippen molar-refractivity contribution < 1.29 is 50.1 Å². The van der Waals surface area contributed by atoms with Crippen LogP contribution in [0.3, 0.4) is 0 Å². The molecule has 0 spiro atoms. The number of fused-ring (bicyclic) bond motifs is 1. The lowest BCUT2D eigenvalue weighted by Gasteiger charge is -2.38. The molecule has 0 bridgehead atoms. The fourth-order valence-corrected chi connectivity index (χ4v) is 4.70. The Morgan fingerprint density at radius 1 is 1.11 bits per heavy atom. The minimum atomic E-state index is -6.44. The number of hydrogen-bond acceptors (Lipinski definition) is 7. The van der Waals surface area contributed by atoms with Gasteiger partial charge in [0, 0.05) is 25.0 Å². The lowest BCUT2D eigenvalue weighted by Crippen LogP contribution is -2.66. The Hall–Kier alpha value is -3.08. The van der Waals surface area contributed by atoms with Gasteiger partial charge in [-0.3, -0.25) is 14.3 Å². The van der Waals surface area contributed by atoms with Crippen LogP contribution in [0.4, 0.5) is 46.5 Å². The summed E-state index contributed by atoms with van der Waals surface area (Å²) in [6.45, 7) is -2.19. The van der Waals surface area contributed by atoms with Gasteiger partial charge in [0.2, 0.25) is 0 Å². The second-order valence-electron chi connectivity index (χ2n) is 8.99. The first-order chi connectivity index (χ1) is 17.0. The van der Waals surface area contributed by atoms with Crippen molar-refractivity contribution in [2.45, 2.75) is 49.1 Å². The van der Waals surface area contributed by atoms with Crippen LogP contribution < -0.4 is 26.6 Å². The normalized spacial score (nSPS) is 22.1. The van der Waals surface area contributed by atoms with Crippen LogP contribution >= 0.6 is 0 Å². The maximum Gasteiger partial charge on any atom is 0.428 e. The Morgan fingerprint density at radius 2 is 1.68 bits per heavy atom. The molecule has 1 aromatic carbocycles. The molecule has 1 saturated carbocycles. The summed E-state index contributed by atoms with van der Waals surface area (Å²) in [5.41, 5.74) is -3.76. The first kappa shape index (κ1) is 27.0. The van der Waals surface area contributed by atoms with Crippen LogP contribution in [0.5, 0.6) is 5.75 Å². The summed E-state index contributed by atoms with van der Waals surface area (Å²) < 4.78 is 116. The molecule has 1 aromatic heterocycles. The molecule has 2 heterocycles. The number of hydrogen-bond donors (Lipinski definition) is 4. The van der Waals surface area contributed by atoms with Crippen LogP contribution in [-0.4, -0.2) is 70.2 Å². The van der Waals surface area contributed by atoms with Crippen molar-refractivity contribution in [3.63, 3.8) is 0 Å². The van der Waals surface area contributed by atoms with E-state index in [0.717, 1.165) is 11.7 Å². The van der Waals surface area contributed by atoms with Gasteiger partial charge in [0.15, 0.2) is 11.6 Å². The number of rotatable bonds is 5. The number of ether oxygens (including phenoxy) is 1. The van der Waals surface area contributed by atoms with Crippen molar-refractivity contribution in [1.82, 2.24) is 9.55 Å². The number of H-pyrrole nitrogens is 1. The van der Waals surface area contributed by atoms with Gasteiger partial charge in [-0.15, -0.1) is 0 Å². The predicted molar refractivity (Wildman–Crippen MR) is 112 cm³/mol. The smallest absolute Gasteiger partial charge is 0.428 e. The third-order valence-corrected chi connectivity index (χ3v) is 6.71. The maximum absolute atomic E-state index is 15.4. The number of benzene rings is 1. The zero-order valence-electron chi connectivity index (χ0n) is 18.8. The average molecular weight is 548 g/mol.